The molecule has 1 rings (SSSR count). The maximum Gasteiger partial charge on any atom is 0.221 e. The standard InChI is InChI=1S/C14H23N3O2/c1-11(2)8-16-13(18)6-7-15-9-12-4-5-14(19-3)17-10-12/h4-5,10-11,15H,6-9H2,1-3H3,(H,16,18). The Morgan fingerprint density at radius 3 is 2.79 bits per heavy atom. The largest absolute Gasteiger partial charge is 0.481 e. The van der Waals surface area contributed by atoms with Gasteiger partial charge in [0.2, 0.25) is 11.8 Å². The molecule has 19 heavy (non-hydrogen) atoms. The number of hydrogen-bond acceptors (Lipinski definition) is 4. The van der Waals surface area contributed by atoms with Crippen LogP contribution in [0.5, 0.6) is 5.88 Å². The molecule has 0 atom stereocenters. The molecule has 0 spiro atoms. The Labute approximate surface area is 114 Å². The van der Waals surface area contributed by atoms with Crippen LogP contribution in [0.2, 0.25) is 0 Å². The number of hydrogen-bond donors (Lipinski definition) is 2. The summed E-state index contributed by atoms with van der Waals surface area (Å²) < 4.78 is 4.99. The van der Waals surface area contributed by atoms with Crippen LogP contribution in [-0.4, -0.2) is 31.1 Å². The molecule has 1 amide bonds. The number of methoxy groups -OCH3 is 1. The van der Waals surface area contributed by atoms with Crippen LogP contribution in [-0.2, 0) is 11.3 Å². The van der Waals surface area contributed by atoms with Gasteiger partial charge in [-0.1, -0.05) is 19.9 Å². The molecule has 0 aliphatic carbocycles. The number of carbonyl (C=O) groups is 1. The minimum absolute atomic E-state index is 0.0917. The van der Waals surface area contributed by atoms with Gasteiger partial charge in [0.05, 0.1) is 7.11 Å². The summed E-state index contributed by atoms with van der Waals surface area (Å²) >= 11 is 0. The Balaban J connectivity index is 2.14. The quantitative estimate of drug-likeness (QED) is 0.696. The van der Waals surface area contributed by atoms with Crippen molar-refractivity contribution in [2.24, 2.45) is 5.92 Å². The summed E-state index contributed by atoms with van der Waals surface area (Å²) in [6.45, 7) is 6.26. The number of pyridine rings is 1. The molecule has 2 N–H and O–H groups in total. The van der Waals surface area contributed by atoms with E-state index in [9.17, 15) is 4.79 Å². The predicted octanol–water partition coefficient (Wildman–Crippen LogP) is 1.34. The summed E-state index contributed by atoms with van der Waals surface area (Å²) in [6, 6.07) is 3.78. The molecule has 0 unspecified atom stereocenters. The summed E-state index contributed by atoms with van der Waals surface area (Å²) in [5.41, 5.74) is 1.07. The summed E-state index contributed by atoms with van der Waals surface area (Å²) in [4.78, 5) is 15.6. The minimum Gasteiger partial charge on any atom is -0.481 e. The van der Waals surface area contributed by atoms with E-state index in [0.717, 1.165) is 12.1 Å². The lowest BCUT2D eigenvalue weighted by Gasteiger charge is -2.08. The molecule has 0 aromatic carbocycles. The zero-order chi connectivity index (χ0) is 14.1. The van der Waals surface area contributed by atoms with Gasteiger partial charge in [-0.2, -0.15) is 0 Å². The number of nitrogens with one attached hydrogen (secondary N) is 2. The monoisotopic (exact) mass is 265 g/mol. The van der Waals surface area contributed by atoms with Gasteiger partial charge >= 0.3 is 0 Å². The first kappa shape index (κ1) is 15.4. The highest BCUT2D eigenvalue weighted by Gasteiger charge is 2.02. The van der Waals surface area contributed by atoms with E-state index in [1.54, 1.807) is 13.3 Å². The van der Waals surface area contributed by atoms with Crippen molar-refractivity contribution in [1.29, 1.82) is 0 Å². The van der Waals surface area contributed by atoms with Crippen LogP contribution >= 0.6 is 0 Å². The topological polar surface area (TPSA) is 63.2 Å². The Morgan fingerprint density at radius 2 is 2.21 bits per heavy atom. The highest BCUT2D eigenvalue weighted by Crippen LogP contribution is 2.05. The maximum atomic E-state index is 11.5. The fourth-order valence-corrected chi connectivity index (χ4v) is 1.48. The third kappa shape index (κ3) is 6.76. The van der Waals surface area contributed by atoms with Crippen LogP contribution in [0.25, 0.3) is 0 Å². The Kier molecular flexibility index (Phi) is 6.89. The zero-order valence-electron chi connectivity index (χ0n) is 11.9. The Bertz CT molecular complexity index is 377. The molecule has 0 aliphatic heterocycles. The zero-order valence-corrected chi connectivity index (χ0v) is 11.9. The highest BCUT2D eigenvalue weighted by atomic mass is 16.5. The normalized spacial score (nSPS) is 10.5. The first-order valence-electron chi connectivity index (χ1n) is 6.58. The van der Waals surface area contributed by atoms with Gasteiger partial charge < -0.3 is 15.4 Å². The van der Waals surface area contributed by atoms with Gasteiger partial charge in [-0.3, -0.25) is 4.79 Å². The van der Waals surface area contributed by atoms with E-state index in [1.165, 1.54) is 0 Å². The summed E-state index contributed by atoms with van der Waals surface area (Å²) in [6.07, 6.45) is 2.26. The van der Waals surface area contributed by atoms with Gasteiger partial charge in [0.25, 0.3) is 0 Å². The van der Waals surface area contributed by atoms with Crippen molar-refractivity contribution in [2.75, 3.05) is 20.2 Å². The third-order valence-corrected chi connectivity index (χ3v) is 2.57. The second-order valence-corrected chi connectivity index (χ2v) is 4.83. The molecule has 5 nitrogen and oxygen atoms in total. The molecule has 0 bridgehead atoms. The van der Waals surface area contributed by atoms with E-state index in [4.69, 9.17) is 4.74 Å². The molecule has 0 radical (unpaired) electrons. The van der Waals surface area contributed by atoms with Crippen LogP contribution in [0.15, 0.2) is 18.3 Å². The lowest BCUT2D eigenvalue weighted by Crippen LogP contribution is -2.30. The van der Waals surface area contributed by atoms with E-state index in [-0.39, 0.29) is 5.91 Å². The van der Waals surface area contributed by atoms with Gasteiger partial charge in [-0.05, 0) is 11.5 Å². The summed E-state index contributed by atoms with van der Waals surface area (Å²) in [5, 5.41) is 6.10. The fourth-order valence-electron chi connectivity index (χ4n) is 1.48. The molecule has 106 valence electrons. The van der Waals surface area contributed by atoms with E-state index >= 15 is 0 Å². The smallest absolute Gasteiger partial charge is 0.221 e. The first-order chi connectivity index (χ1) is 9.11. The molecular formula is C14H23N3O2. The number of amides is 1. The molecule has 0 aliphatic rings. The van der Waals surface area contributed by atoms with Gasteiger partial charge in [-0.15, -0.1) is 0 Å². The average molecular weight is 265 g/mol. The maximum absolute atomic E-state index is 11.5. The summed E-state index contributed by atoms with van der Waals surface area (Å²) in [7, 11) is 1.59. The molecule has 1 aromatic rings. The second-order valence-electron chi connectivity index (χ2n) is 4.83. The van der Waals surface area contributed by atoms with E-state index in [2.05, 4.69) is 29.5 Å². The molecule has 0 saturated carbocycles. The first-order valence-corrected chi connectivity index (χ1v) is 6.58. The SMILES string of the molecule is COc1ccc(CNCCC(=O)NCC(C)C)cn1. The average Bonchev–Trinajstić information content (AvgIpc) is 2.42. The molecule has 5 heteroatoms. The van der Waals surface area contributed by atoms with Crippen LogP contribution in [0.4, 0.5) is 0 Å². The number of rotatable bonds is 8. The van der Waals surface area contributed by atoms with Crippen molar-refractivity contribution in [1.82, 2.24) is 15.6 Å². The summed E-state index contributed by atoms with van der Waals surface area (Å²) in [5.74, 6) is 1.19. The third-order valence-electron chi connectivity index (χ3n) is 2.57. The lowest BCUT2D eigenvalue weighted by molar-refractivity contribution is -0.121. The van der Waals surface area contributed by atoms with Crippen molar-refractivity contribution in [3.63, 3.8) is 0 Å². The van der Waals surface area contributed by atoms with Crippen LogP contribution in [0.1, 0.15) is 25.8 Å². The van der Waals surface area contributed by atoms with Crippen LogP contribution in [0, 0.1) is 5.92 Å². The number of nitrogens with zero attached hydrogens (tertiary/aromatic N) is 1. The molecule has 1 aromatic heterocycles. The van der Waals surface area contributed by atoms with Crippen molar-refractivity contribution < 1.29 is 9.53 Å². The second kappa shape index (κ2) is 8.48. The Hall–Kier alpha value is -1.62. The highest BCUT2D eigenvalue weighted by molar-refractivity contribution is 5.76. The van der Waals surface area contributed by atoms with Crippen LogP contribution in [0.3, 0.4) is 0 Å². The Morgan fingerprint density at radius 1 is 1.42 bits per heavy atom. The van der Waals surface area contributed by atoms with E-state index < -0.39 is 0 Å². The van der Waals surface area contributed by atoms with E-state index in [0.29, 0.717) is 31.3 Å². The van der Waals surface area contributed by atoms with Crippen molar-refractivity contribution in [3.05, 3.63) is 23.9 Å². The predicted molar refractivity (Wildman–Crippen MR) is 75.0 cm³/mol. The van der Waals surface area contributed by atoms with Crippen molar-refractivity contribution >= 4 is 5.91 Å². The number of ether oxygens (including phenoxy) is 1. The minimum atomic E-state index is 0.0917. The van der Waals surface area contributed by atoms with Crippen molar-refractivity contribution in [2.45, 2.75) is 26.8 Å². The lowest BCUT2D eigenvalue weighted by atomic mass is 10.2. The number of carbonyl (C=O) groups excluding carboxylic acids is 1. The van der Waals surface area contributed by atoms with Gasteiger partial charge in [-0.25, -0.2) is 4.98 Å². The van der Waals surface area contributed by atoms with Gasteiger partial charge in [0, 0.05) is 38.3 Å². The molecule has 1 heterocycles. The van der Waals surface area contributed by atoms with Crippen molar-refractivity contribution in [3.8, 4) is 5.88 Å². The fraction of sp³-hybridized carbons (Fsp3) is 0.571. The molecular weight excluding hydrogens is 242 g/mol. The van der Waals surface area contributed by atoms with Gasteiger partial charge in [0.15, 0.2) is 0 Å². The van der Waals surface area contributed by atoms with Gasteiger partial charge in [0.1, 0.15) is 0 Å². The number of aromatic nitrogens is 1. The molecule has 0 saturated heterocycles. The molecule has 0 fully saturated rings. The van der Waals surface area contributed by atoms with Crippen LogP contribution < -0.4 is 15.4 Å². The van der Waals surface area contributed by atoms with E-state index in [1.807, 2.05) is 12.1 Å².